The predicted octanol–water partition coefficient (Wildman–Crippen LogP) is 5.59. The van der Waals surface area contributed by atoms with Gasteiger partial charge in [-0.05, 0) is 48.9 Å². The summed E-state index contributed by atoms with van der Waals surface area (Å²) in [6, 6.07) is 16.4. The van der Waals surface area contributed by atoms with Gasteiger partial charge in [-0.25, -0.2) is 13.6 Å². The Morgan fingerprint density at radius 2 is 1.88 bits per heavy atom. The van der Waals surface area contributed by atoms with Crippen LogP contribution in [-0.4, -0.2) is 16.2 Å². The first-order valence-corrected chi connectivity index (χ1v) is 10.2. The van der Waals surface area contributed by atoms with Crippen LogP contribution in [0.4, 0.5) is 19.3 Å². The van der Waals surface area contributed by atoms with Crippen LogP contribution in [-0.2, 0) is 19.8 Å². The molecule has 0 saturated carbocycles. The lowest BCUT2D eigenvalue weighted by Gasteiger charge is -2.23. The van der Waals surface area contributed by atoms with Crippen molar-refractivity contribution in [2.24, 2.45) is 0 Å². The Balaban J connectivity index is 1.99. The molecule has 0 aliphatic carbocycles. The number of halogens is 2. The van der Waals surface area contributed by atoms with Gasteiger partial charge in [-0.15, -0.1) is 0 Å². The summed E-state index contributed by atoms with van der Waals surface area (Å²) in [5.74, 6) is -0.0949. The van der Waals surface area contributed by atoms with Gasteiger partial charge in [0.15, 0.2) is 0 Å². The van der Waals surface area contributed by atoms with Gasteiger partial charge in [0.25, 0.3) is 0 Å². The Kier molecular flexibility index (Phi) is 7.73. The number of rotatable bonds is 8. The predicted molar refractivity (Wildman–Crippen MR) is 119 cm³/mol. The molecule has 9 heteroatoms. The van der Waals surface area contributed by atoms with Gasteiger partial charge in [-0.1, -0.05) is 12.1 Å². The molecule has 7 nitrogen and oxygen atoms in total. The van der Waals surface area contributed by atoms with Gasteiger partial charge in [0.2, 0.25) is 0 Å². The molecule has 3 rings (SSSR count). The first-order valence-electron chi connectivity index (χ1n) is 10.2. The molecule has 1 N–H and O–H groups in total. The van der Waals surface area contributed by atoms with E-state index in [2.05, 4.69) is 4.98 Å². The van der Waals surface area contributed by atoms with Crippen molar-refractivity contribution < 1.29 is 23.4 Å². The third-order valence-corrected chi connectivity index (χ3v) is 5.06. The van der Waals surface area contributed by atoms with Crippen molar-refractivity contribution in [1.29, 1.82) is 10.5 Å². The molecule has 1 atom stereocenters. The minimum absolute atomic E-state index is 0.000942. The van der Waals surface area contributed by atoms with Crippen molar-refractivity contribution in [3.8, 4) is 17.9 Å². The van der Waals surface area contributed by atoms with Gasteiger partial charge in [0.05, 0.1) is 29.8 Å². The van der Waals surface area contributed by atoms with Crippen molar-refractivity contribution in [2.75, 3.05) is 4.90 Å². The van der Waals surface area contributed by atoms with E-state index in [-0.39, 0.29) is 41.4 Å². The average molecular weight is 462 g/mol. The summed E-state index contributed by atoms with van der Waals surface area (Å²) < 4.78 is 34.3. The molecule has 1 amide bonds. The molecule has 34 heavy (non-hydrogen) atoms. The van der Waals surface area contributed by atoms with Gasteiger partial charge >= 0.3 is 6.09 Å². The quantitative estimate of drug-likeness (QED) is 0.467. The maximum Gasteiger partial charge on any atom is 0.412 e. The van der Waals surface area contributed by atoms with Gasteiger partial charge < -0.3 is 9.84 Å². The first kappa shape index (κ1) is 24.1. The number of aromatic nitrogens is 1. The molecule has 0 saturated heterocycles. The molecule has 1 heterocycles. The molecule has 1 aromatic heterocycles. The second-order valence-electron chi connectivity index (χ2n) is 7.35. The van der Waals surface area contributed by atoms with Crippen LogP contribution in [0.5, 0.6) is 5.75 Å². The van der Waals surface area contributed by atoms with Gasteiger partial charge in [0, 0.05) is 23.0 Å². The summed E-state index contributed by atoms with van der Waals surface area (Å²) in [5.41, 5.74) is 1.76. The number of carboxylic acid groups (broad SMARTS) is 1. The molecule has 0 spiro atoms. The van der Waals surface area contributed by atoms with Gasteiger partial charge in [-0.2, -0.15) is 10.5 Å². The van der Waals surface area contributed by atoms with Crippen LogP contribution < -0.4 is 9.64 Å². The highest BCUT2D eigenvalue weighted by Crippen LogP contribution is 2.35. The topological polar surface area (TPSA) is 110 Å². The van der Waals surface area contributed by atoms with E-state index in [1.807, 2.05) is 12.1 Å². The highest BCUT2D eigenvalue weighted by Gasteiger charge is 2.25. The Morgan fingerprint density at radius 1 is 1.18 bits per heavy atom. The normalized spacial score (nSPS) is 11.2. The van der Waals surface area contributed by atoms with Crippen LogP contribution in [0.3, 0.4) is 0 Å². The standard InChI is InChI=1S/C25H20F2N4O3/c1-16(27)23-20(14-31(25(32)33)21-7-5-17(11-28)6-8-21)13-30-22(10-26)24(23)34-15-19-4-2-3-18(9-19)12-29/h2-9,13,16H,10,14-15H2,1H3,(H,32,33). The number of benzene rings is 2. The van der Waals surface area contributed by atoms with Crippen LogP contribution in [0, 0.1) is 22.7 Å². The smallest absolute Gasteiger partial charge is 0.412 e. The highest BCUT2D eigenvalue weighted by molar-refractivity contribution is 5.86. The van der Waals surface area contributed by atoms with Crippen LogP contribution in [0.1, 0.15) is 46.6 Å². The number of hydrogen-bond acceptors (Lipinski definition) is 5. The largest absolute Gasteiger partial charge is 0.486 e. The average Bonchev–Trinajstić information content (AvgIpc) is 2.85. The van der Waals surface area contributed by atoms with Crippen LogP contribution in [0.15, 0.2) is 54.7 Å². The van der Waals surface area contributed by atoms with E-state index >= 15 is 0 Å². The maximum atomic E-state index is 14.8. The lowest BCUT2D eigenvalue weighted by atomic mass is 10.0. The lowest BCUT2D eigenvalue weighted by Crippen LogP contribution is -2.29. The molecule has 3 aromatic rings. The zero-order chi connectivity index (χ0) is 24.7. The fourth-order valence-electron chi connectivity index (χ4n) is 3.45. The van der Waals surface area contributed by atoms with E-state index in [4.69, 9.17) is 15.3 Å². The number of hydrogen-bond donors (Lipinski definition) is 1. The summed E-state index contributed by atoms with van der Waals surface area (Å²) in [4.78, 5) is 17.0. The number of anilines is 1. The fourth-order valence-corrected chi connectivity index (χ4v) is 3.45. The Hall–Kier alpha value is -4.50. The van der Waals surface area contributed by atoms with E-state index in [1.54, 1.807) is 24.3 Å². The number of carbonyl (C=O) groups is 1. The second-order valence-corrected chi connectivity index (χ2v) is 7.35. The molecule has 2 aromatic carbocycles. The van der Waals surface area contributed by atoms with E-state index in [9.17, 15) is 18.7 Å². The Morgan fingerprint density at radius 3 is 2.47 bits per heavy atom. The molecular formula is C25H20F2N4O3. The zero-order valence-electron chi connectivity index (χ0n) is 18.2. The van der Waals surface area contributed by atoms with Crippen LogP contribution in [0.2, 0.25) is 0 Å². The van der Waals surface area contributed by atoms with Crippen LogP contribution in [0.25, 0.3) is 0 Å². The highest BCUT2D eigenvalue weighted by atomic mass is 19.1. The van der Waals surface area contributed by atoms with Gasteiger partial charge in [-0.3, -0.25) is 9.88 Å². The van der Waals surface area contributed by atoms with E-state index in [0.717, 1.165) is 4.90 Å². The maximum absolute atomic E-state index is 14.8. The SMILES string of the molecule is CC(F)c1c(CN(C(=O)O)c2ccc(C#N)cc2)cnc(CF)c1OCc1cccc(C#N)c1. The number of alkyl halides is 2. The third-order valence-electron chi connectivity index (χ3n) is 5.06. The molecular weight excluding hydrogens is 442 g/mol. The minimum Gasteiger partial charge on any atom is -0.486 e. The summed E-state index contributed by atoms with van der Waals surface area (Å²) in [5, 5.41) is 27.8. The first-order chi connectivity index (χ1) is 16.4. The molecule has 0 radical (unpaired) electrons. The van der Waals surface area contributed by atoms with Crippen molar-refractivity contribution in [3.05, 3.63) is 88.2 Å². The second kappa shape index (κ2) is 10.9. The lowest BCUT2D eigenvalue weighted by molar-refractivity contribution is 0.201. The van der Waals surface area contributed by atoms with Crippen molar-refractivity contribution in [2.45, 2.75) is 32.9 Å². The fraction of sp³-hybridized carbons (Fsp3) is 0.200. The number of amides is 1. The molecule has 1 unspecified atom stereocenters. The number of nitrogens with zero attached hydrogens (tertiary/aromatic N) is 4. The summed E-state index contributed by atoms with van der Waals surface area (Å²) >= 11 is 0. The van der Waals surface area contributed by atoms with Gasteiger partial charge in [0.1, 0.15) is 30.9 Å². The summed E-state index contributed by atoms with van der Waals surface area (Å²) in [7, 11) is 0. The third kappa shape index (κ3) is 5.45. The molecule has 0 bridgehead atoms. The summed E-state index contributed by atoms with van der Waals surface area (Å²) in [6.07, 6.45) is -1.67. The zero-order valence-corrected chi connectivity index (χ0v) is 18.2. The van der Waals surface area contributed by atoms with Crippen molar-refractivity contribution >= 4 is 11.8 Å². The number of pyridine rings is 1. The minimum atomic E-state index is -1.61. The monoisotopic (exact) mass is 462 g/mol. The van der Waals surface area contributed by atoms with E-state index < -0.39 is 18.9 Å². The summed E-state index contributed by atoms with van der Waals surface area (Å²) in [6.45, 7) is -0.0982. The van der Waals surface area contributed by atoms with Crippen molar-refractivity contribution in [1.82, 2.24) is 4.98 Å². The number of ether oxygens (including phenoxy) is 1. The molecule has 0 aliphatic rings. The molecule has 172 valence electrons. The number of nitriles is 2. The van der Waals surface area contributed by atoms with Crippen molar-refractivity contribution in [3.63, 3.8) is 0 Å². The van der Waals surface area contributed by atoms with E-state index in [0.29, 0.717) is 16.7 Å². The Labute approximate surface area is 195 Å². The molecule has 0 aliphatic heterocycles. The van der Waals surface area contributed by atoms with Crippen LogP contribution >= 0.6 is 0 Å². The van der Waals surface area contributed by atoms with E-state index in [1.165, 1.54) is 37.4 Å². The Bertz CT molecular complexity index is 1260. The molecule has 0 fully saturated rings.